The molecule has 5 nitrogen and oxygen atoms in total. The molecular weight excluding hydrogens is 351 g/mol. The van der Waals surface area contributed by atoms with Crippen LogP contribution in [0.25, 0.3) is 0 Å². The molecule has 0 saturated carbocycles. The zero-order valence-corrected chi connectivity index (χ0v) is 10.6. The second-order valence-corrected chi connectivity index (χ2v) is 4.15. The molecule has 0 amide bonds. The Morgan fingerprint density at radius 1 is 1.53 bits per heavy atom. The Kier molecular flexibility index (Phi) is 4.32. The van der Waals surface area contributed by atoms with Crippen LogP contribution in [-0.4, -0.2) is 17.3 Å². The lowest BCUT2D eigenvalue weighted by atomic mass is 10.1. The summed E-state index contributed by atoms with van der Waals surface area (Å²) in [4.78, 5) is 21.0. The molecule has 0 bridgehead atoms. The van der Waals surface area contributed by atoms with Crippen LogP contribution >= 0.6 is 22.6 Å². The SMILES string of the molecule is CC(=O)c1cc(OC(F)F)c([N+](=O)[O-])cc1I. The Labute approximate surface area is 108 Å². The van der Waals surface area contributed by atoms with Gasteiger partial charge in [-0.1, -0.05) is 0 Å². The van der Waals surface area contributed by atoms with Crippen LogP contribution in [0.15, 0.2) is 12.1 Å². The Bertz CT molecular complexity index is 478. The van der Waals surface area contributed by atoms with E-state index in [-0.39, 0.29) is 11.3 Å². The van der Waals surface area contributed by atoms with Crippen molar-refractivity contribution in [2.45, 2.75) is 13.5 Å². The number of benzene rings is 1. The third-order valence-corrected chi connectivity index (χ3v) is 2.73. The molecule has 0 spiro atoms. The molecule has 17 heavy (non-hydrogen) atoms. The van der Waals surface area contributed by atoms with Crippen LogP contribution in [0, 0.1) is 13.7 Å². The third-order valence-electron chi connectivity index (χ3n) is 1.84. The Morgan fingerprint density at radius 2 is 2.12 bits per heavy atom. The normalized spacial score (nSPS) is 10.4. The summed E-state index contributed by atoms with van der Waals surface area (Å²) in [5, 5.41) is 10.6. The molecule has 0 heterocycles. The average molecular weight is 357 g/mol. The molecule has 0 saturated heterocycles. The van der Waals surface area contributed by atoms with Gasteiger partial charge in [0.25, 0.3) is 0 Å². The number of hydrogen-bond acceptors (Lipinski definition) is 4. The van der Waals surface area contributed by atoms with Gasteiger partial charge in [0, 0.05) is 15.2 Å². The van der Waals surface area contributed by atoms with Gasteiger partial charge < -0.3 is 4.74 Å². The standard InChI is InChI=1S/C9H6F2INO4/c1-4(14)5-2-8(17-9(10)11)7(13(15)16)3-6(5)12/h2-3,9H,1H3. The summed E-state index contributed by atoms with van der Waals surface area (Å²) in [6, 6.07) is 1.98. The van der Waals surface area contributed by atoms with Crippen molar-refractivity contribution in [3.63, 3.8) is 0 Å². The minimum atomic E-state index is -3.19. The lowest BCUT2D eigenvalue weighted by Gasteiger charge is -2.08. The Balaban J connectivity index is 3.36. The Morgan fingerprint density at radius 3 is 2.53 bits per heavy atom. The van der Waals surface area contributed by atoms with Crippen molar-refractivity contribution >= 4 is 34.1 Å². The summed E-state index contributed by atoms with van der Waals surface area (Å²) in [6.07, 6.45) is 0. The largest absolute Gasteiger partial charge is 0.427 e. The number of alkyl halides is 2. The van der Waals surface area contributed by atoms with Crippen molar-refractivity contribution in [3.8, 4) is 5.75 Å². The summed E-state index contributed by atoms with van der Waals surface area (Å²) < 4.78 is 28.5. The number of nitro benzene ring substituents is 1. The quantitative estimate of drug-likeness (QED) is 0.360. The molecule has 0 N–H and O–H groups in total. The van der Waals surface area contributed by atoms with E-state index >= 15 is 0 Å². The number of ketones is 1. The van der Waals surface area contributed by atoms with Gasteiger partial charge in [-0.25, -0.2) is 0 Å². The maximum absolute atomic E-state index is 12.1. The first-order valence-electron chi connectivity index (χ1n) is 4.26. The highest BCUT2D eigenvalue weighted by Crippen LogP contribution is 2.32. The number of halogens is 3. The molecule has 1 aromatic carbocycles. The highest BCUT2D eigenvalue weighted by Gasteiger charge is 2.22. The van der Waals surface area contributed by atoms with Crippen LogP contribution < -0.4 is 4.74 Å². The number of carbonyl (C=O) groups excluding carboxylic acids is 1. The van der Waals surface area contributed by atoms with E-state index < -0.39 is 23.0 Å². The number of rotatable bonds is 4. The highest BCUT2D eigenvalue weighted by atomic mass is 127. The predicted molar refractivity (Wildman–Crippen MR) is 62.4 cm³/mol. The van der Waals surface area contributed by atoms with Gasteiger partial charge in [0.1, 0.15) is 0 Å². The first-order valence-corrected chi connectivity index (χ1v) is 5.34. The zero-order chi connectivity index (χ0) is 13.2. The molecular formula is C9H6F2INO4. The first-order chi connectivity index (χ1) is 7.82. The van der Waals surface area contributed by atoms with Gasteiger partial charge in [0.2, 0.25) is 5.75 Å². The topological polar surface area (TPSA) is 69.4 Å². The van der Waals surface area contributed by atoms with E-state index in [1.807, 2.05) is 0 Å². The maximum atomic E-state index is 12.1. The number of nitro groups is 1. The van der Waals surface area contributed by atoms with Crippen molar-refractivity contribution in [3.05, 3.63) is 31.4 Å². The highest BCUT2D eigenvalue weighted by molar-refractivity contribution is 14.1. The molecule has 1 aromatic rings. The van der Waals surface area contributed by atoms with Gasteiger partial charge in [0.05, 0.1) is 4.92 Å². The van der Waals surface area contributed by atoms with E-state index in [9.17, 15) is 23.7 Å². The van der Waals surface area contributed by atoms with Crippen LogP contribution in [0.4, 0.5) is 14.5 Å². The first kappa shape index (κ1) is 13.7. The number of ether oxygens (including phenoxy) is 1. The molecule has 0 aliphatic rings. The van der Waals surface area contributed by atoms with Crippen molar-refractivity contribution in [1.29, 1.82) is 0 Å². The van der Waals surface area contributed by atoms with Gasteiger partial charge in [-0.05, 0) is 35.6 Å². The summed E-state index contributed by atoms with van der Waals surface area (Å²) in [5.74, 6) is -1.00. The van der Waals surface area contributed by atoms with E-state index in [4.69, 9.17) is 0 Å². The number of Topliss-reactive ketones (excluding diaryl/α,β-unsaturated/α-hetero) is 1. The lowest BCUT2D eigenvalue weighted by Crippen LogP contribution is -2.07. The molecule has 0 fully saturated rings. The number of nitrogens with zero attached hydrogens (tertiary/aromatic N) is 1. The van der Waals surface area contributed by atoms with E-state index in [0.717, 1.165) is 12.1 Å². The summed E-state index contributed by atoms with van der Waals surface area (Å²) in [7, 11) is 0. The summed E-state index contributed by atoms with van der Waals surface area (Å²) in [6.45, 7) is -1.95. The van der Waals surface area contributed by atoms with Crippen LogP contribution in [0.1, 0.15) is 17.3 Å². The molecule has 0 aliphatic heterocycles. The minimum absolute atomic E-state index is 0.104. The molecule has 0 atom stereocenters. The fraction of sp³-hybridized carbons (Fsp3) is 0.222. The maximum Gasteiger partial charge on any atom is 0.387 e. The van der Waals surface area contributed by atoms with E-state index in [1.54, 1.807) is 22.6 Å². The smallest absolute Gasteiger partial charge is 0.387 e. The van der Waals surface area contributed by atoms with Crippen molar-refractivity contribution in [1.82, 2.24) is 0 Å². The van der Waals surface area contributed by atoms with Crippen LogP contribution in [0.5, 0.6) is 5.75 Å². The van der Waals surface area contributed by atoms with Gasteiger partial charge in [-0.2, -0.15) is 8.78 Å². The summed E-state index contributed by atoms with van der Waals surface area (Å²) in [5.41, 5.74) is -0.494. The molecule has 0 radical (unpaired) electrons. The fourth-order valence-corrected chi connectivity index (χ4v) is 1.98. The molecule has 8 heteroatoms. The molecule has 0 unspecified atom stereocenters. The van der Waals surface area contributed by atoms with Crippen molar-refractivity contribution in [2.75, 3.05) is 0 Å². The van der Waals surface area contributed by atoms with Crippen LogP contribution in [-0.2, 0) is 0 Å². The fourth-order valence-electron chi connectivity index (χ4n) is 1.15. The number of carbonyl (C=O) groups is 1. The zero-order valence-electron chi connectivity index (χ0n) is 8.45. The van der Waals surface area contributed by atoms with E-state index in [2.05, 4.69) is 4.74 Å². The molecule has 0 aromatic heterocycles. The van der Waals surface area contributed by atoms with Gasteiger partial charge >= 0.3 is 12.3 Å². The van der Waals surface area contributed by atoms with Gasteiger partial charge in [0.15, 0.2) is 5.78 Å². The van der Waals surface area contributed by atoms with Crippen LogP contribution in [0.2, 0.25) is 0 Å². The summed E-state index contributed by atoms with van der Waals surface area (Å²) >= 11 is 1.72. The molecule has 92 valence electrons. The van der Waals surface area contributed by atoms with E-state index in [0.29, 0.717) is 3.57 Å². The van der Waals surface area contributed by atoms with Crippen molar-refractivity contribution in [2.24, 2.45) is 0 Å². The Hall–Kier alpha value is -1.32. The molecule has 1 rings (SSSR count). The van der Waals surface area contributed by atoms with Gasteiger partial charge in [-0.15, -0.1) is 0 Å². The average Bonchev–Trinajstić information content (AvgIpc) is 2.18. The minimum Gasteiger partial charge on any atom is -0.427 e. The van der Waals surface area contributed by atoms with Gasteiger partial charge in [-0.3, -0.25) is 14.9 Å². The lowest BCUT2D eigenvalue weighted by molar-refractivity contribution is -0.386. The monoisotopic (exact) mass is 357 g/mol. The number of hydrogen-bond donors (Lipinski definition) is 0. The second-order valence-electron chi connectivity index (χ2n) is 2.99. The predicted octanol–water partition coefficient (Wildman–Crippen LogP) is 3.00. The van der Waals surface area contributed by atoms with Crippen LogP contribution in [0.3, 0.4) is 0 Å². The van der Waals surface area contributed by atoms with E-state index in [1.165, 1.54) is 6.92 Å². The van der Waals surface area contributed by atoms with Crippen molar-refractivity contribution < 1.29 is 23.2 Å². The third kappa shape index (κ3) is 3.32. The second kappa shape index (κ2) is 5.34. The molecule has 0 aliphatic carbocycles.